The van der Waals surface area contributed by atoms with Crippen molar-refractivity contribution in [3.8, 4) is 10.6 Å². The molecule has 1 fully saturated rings. The molecule has 4 rings (SSSR count). The van der Waals surface area contributed by atoms with Gasteiger partial charge in [0, 0.05) is 30.4 Å². The Morgan fingerprint density at radius 1 is 0.789 bits per heavy atom. The number of aryl methyl sites for hydroxylation is 1. The Hall–Kier alpha value is -1.98. The third-order valence-electron chi connectivity index (χ3n) is 7.97. The maximum absolute atomic E-state index is 12.8. The largest absolute Gasteiger partial charge is 0.378 e. The highest BCUT2D eigenvalue weighted by molar-refractivity contribution is 7.21. The number of aromatic nitrogens is 1. The average Bonchev–Trinajstić information content (AvgIpc) is 2.94. The average molecular weight is 537 g/mol. The Kier molecular flexibility index (Phi) is 12.4. The van der Waals surface area contributed by atoms with Crippen molar-refractivity contribution in [3.05, 3.63) is 46.1 Å². The summed E-state index contributed by atoms with van der Waals surface area (Å²) in [6, 6.07) is 10.4. The molecule has 0 N–H and O–H groups in total. The van der Waals surface area contributed by atoms with E-state index in [0.29, 0.717) is 0 Å². The summed E-state index contributed by atoms with van der Waals surface area (Å²) < 4.78 is 6.62. The van der Waals surface area contributed by atoms with Crippen LogP contribution >= 0.6 is 11.3 Å². The van der Waals surface area contributed by atoms with E-state index in [4.69, 9.17) is 9.72 Å². The van der Waals surface area contributed by atoms with Crippen LogP contribution in [0.3, 0.4) is 0 Å². The minimum absolute atomic E-state index is 0.171. The van der Waals surface area contributed by atoms with Gasteiger partial charge in [-0.1, -0.05) is 96.8 Å². The van der Waals surface area contributed by atoms with Crippen LogP contribution in [-0.4, -0.2) is 31.3 Å². The first-order valence-electron chi connectivity index (χ1n) is 15.4. The van der Waals surface area contributed by atoms with E-state index in [0.717, 1.165) is 65.5 Å². The van der Waals surface area contributed by atoms with Crippen LogP contribution in [0.1, 0.15) is 109 Å². The maximum atomic E-state index is 12.8. The highest BCUT2D eigenvalue weighted by atomic mass is 32.1. The van der Waals surface area contributed by atoms with Gasteiger partial charge in [-0.25, -0.2) is 4.98 Å². The second kappa shape index (κ2) is 16.2. The van der Waals surface area contributed by atoms with E-state index < -0.39 is 0 Å². The molecule has 0 amide bonds. The molecule has 0 radical (unpaired) electrons. The summed E-state index contributed by atoms with van der Waals surface area (Å²) in [5, 5.41) is 0. The smallest absolute Gasteiger partial charge is 0.183 e. The van der Waals surface area contributed by atoms with Crippen LogP contribution in [0.2, 0.25) is 0 Å². The predicted molar refractivity (Wildman–Crippen MR) is 164 cm³/mol. The summed E-state index contributed by atoms with van der Waals surface area (Å²) in [6.45, 7) is 5.68. The fourth-order valence-corrected chi connectivity index (χ4v) is 6.60. The predicted octanol–water partition coefficient (Wildman–Crippen LogP) is 9.01. The Morgan fingerprint density at radius 3 is 2.03 bits per heavy atom. The van der Waals surface area contributed by atoms with Gasteiger partial charge < -0.3 is 9.64 Å². The van der Waals surface area contributed by atoms with Gasteiger partial charge in [-0.3, -0.25) is 4.79 Å². The summed E-state index contributed by atoms with van der Waals surface area (Å²) in [6.07, 6.45) is 21.3. The number of fused-ring (bicyclic) bond motifs is 2. The monoisotopic (exact) mass is 536 g/mol. The zero-order chi connectivity index (χ0) is 26.4. The van der Waals surface area contributed by atoms with Crippen LogP contribution in [-0.2, 0) is 11.2 Å². The van der Waals surface area contributed by atoms with Crippen LogP contribution in [0.5, 0.6) is 0 Å². The topological polar surface area (TPSA) is 42.4 Å². The Labute approximate surface area is 234 Å². The molecule has 1 aromatic carbocycles. The van der Waals surface area contributed by atoms with Crippen LogP contribution in [0.4, 0.5) is 5.69 Å². The van der Waals surface area contributed by atoms with Crippen LogP contribution in [0.15, 0.2) is 35.1 Å². The van der Waals surface area contributed by atoms with Crippen molar-refractivity contribution < 1.29 is 4.74 Å². The molecule has 3 aliphatic rings. The minimum atomic E-state index is 0.171. The molecule has 4 nitrogen and oxygen atoms in total. The van der Waals surface area contributed by atoms with Gasteiger partial charge >= 0.3 is 0 Å². The van der Waals surface area contributed by atoms with Crippen molar-refractivity contribution in [2.75, 3.05) is 31.2 Å². The normalized spacial score (nSPS) is 14.1. The standard InChI is InChI=1S/C33H48N2O2S/c1-2-3-4-5-6-7-8-9-10-11-12-13-14-15-16-17-27-24-30-33(26-31(27)36)38-32-25-28(18-19-29(32)34-30)35-20-22-37-23-21-35/h18-19,24-26H,2-17,20-23H2,1H3. The Morgan fingerprint density at radius 2 is 1.39 bits per heavy atom. The molecule has 1 aliphatic carbocycles. The number of hydrogen-bond acceptors (Lipinski definition) is 5. The zero-order valence-electron chi connectivity index (χ0n) is 23.6. The quantitative estimate of drug-likeness (QED) is 0.127. The van der Waals surface area contributed by atoms with Crippen molar-refractivity contribution in [1.82, 2.24) is 4.98 Å². The van der Waals surface area contributed by atoms with E-state index in [1.165, 1.54) is 95.6 Å². The summed E-state index contributed by atoms with van der Waals surface area (Å²) in [5.74, 6) is 0. The third-order valence-corrected chi connectivity index (χ3v) is 9.07. The van der Waals surface area contributed by atoms with Crippen molar-refractivity contribution in [2.45, 2.75) is 110 Å². The second-order valence-electron chi connectivity index (χ2n) is 11.1. The number of morpholine rings is 1. The van der Waals surface area contributed by atoms with E-state index in [9.17, 15) is 4.79 Å². The molecule has 2 aliphatic heterocycles. The first kappa shape index (κ1) is 29.0. The lowest BCUT2D eigenvalue weighted by molar-refractivity contribution is 0.122. The van der Waals surface area contributed by atoms with Crippen LogP contribution in [0.25, 0.3) is 20.8 Å². The van der Waals surface area contributed by atoms with Crippen LogP contribution < -0.4 is 10.3 Å². The van der Waals surface area contributed by atoms with Gasteiger partial charge in [0.15, 0.2) is 5.43 Å². The van der Waals surface area contributed by atoms with Crippen LogP contribution in [0, 0.1) is 0 Å². The Balaban J connectivity index is 1.15. The number of anilines is 1. The fraction of sp³-hybridized carbons (Fsp3) is 0.636. The molecule has 5 heteroatoms. The fourth-order valence-electron chi connectivity index (χ4n) is 5.59. The molecule has 2 heterocycles. The van der Waals surface area contributed by atoms with Gasteiger partial charge in [-0.2, -0.15) is 0 Å². The summed E-state index contributed by atoms with van der Waals surface area (Å²) in [7, 11) is 0. The molecular weight excluding hydrogens is 488 g/mol. The molecule has 38 heavy (non-hydrogen) atoms. The lowest BCUT2D eigenvalue weighted by Gasteiger charge is -2.29. The van der Waals surface area contributed by atoms with Crippen molar-refractivity contribution in [1.29, 1.82) is 0 Å². The summed E-state index contributed by atoms with van der Waals surface area (Å²) in [4.78, 5) is 21.1. The molecular formula is C33H48N2O2S. The molecule has 0 unspecified atom stereocenters. The molecule has 0 atom stereocenters. The number of rotatable bonds is 17. The minimum Gasteiger partial charge on any atom is -0.378 e. The SMILES string of the molecule is CCCCCCCCCCCCCCCCCc1cc2nc3ccc(N4CCOCC4)cc3sc-2cc1=O. The number of nitrogens with zero attached hydrogens (tertiary/aromatic N) is 2. The van der Waals surface area contributed by atoms with Crippen molar-refractivity contribution in [2.24, 2.45) is 0 Å². The van der Waals surface area contributed by atoms with E-state index in [1.54, 1.807) is 11.3 Å². The Bertz CT molecular complexity index is 1120. The van der Waals surface area contributed by atoms with E-state index in [-0.39, 0.29) is 5.43 Å². The highest BCUT2D eigenvalue weighted by Crippen LogP contribution is 2.33. The van der Waals surface area contributed by atoms with Gasteiger partial charge in [0.2, 0.25) is 0 Å². The van der Waals surface area contributed by atoms with E-state index >= 15 is 0 Å². The number of ether oxygens (including phenoxy) is 1. The highest BCUT2D eigenvalue weighted by Gasteiger charge is 2.15. The van der Waals surface area contributed by atoms with Gasteiger partial charge in [-0.15, -0.1) is 11.3 Å². The van der Waals surface area contributed by atoms with Crippen molar-refractivity contribution >= 4 is 27.2 Å². The second-order valence-corrected chi connectivity index (χ2v) is 12.2. The molecule has 0 saturated carbocycles. The molecule has 0 aromatic heterocycles. The lowest BCUT2D eigenvalue weighted by Crippen LogP contribution is -2.36. The van der Waals surface area contributed by atoms with Gasteiger partial charge in [0.25, 0.3) is 0 Å². The summed E-state index contributed by atoms with van der Waals surface area (Å²) in [5.41, 5.74) is 4.28. The zero-order valence-corrected chi connectivity index (χ0v) is 24.5. The first-order chi connectivity index (χ1) is 18.7. The summed E-state index contributed by atoms with van der Waals surface area (Å²) >= 11 is 1.68. The maximum Gasteiger partial charge on any atom is 0.183 e. The molecule has 1 aromatic rings. The van der Waals surface area contributed by atoms with Gasteiger partial charge in [0.1, 0.15) is 0 Å². The van der Waals surface area contributed by atoms with E-state index in [1.807, 2.05) is 12.1 Å². The molecule has 0 bridgehead atoms. The molecule has 208 valence electrons. The first-order valence-corrected chi connectivity index (χ1v) is 16.3. The number of benzene rings is 2. The van der Waals surface area contributed by atoms with Gasteiger partial charge in [-0.05, 0) is 37.1 Å². The molecule has 1 saturated heterocycles. The van der Waals surface area contributed by atoms with E-state index in [2.05, 4.69) is 30.0 Å². The van der Waals surface area contributed by atoms with Gasteiger partial charge in [0.05, 0.1) is 34.0 Å². The molecule has 0 spiro atoms. The number of hydrogen-bond donors (Lipinski definition) is 0. The number of unbranched alkanes of at least 4 members (excludes halogenated alkanes) is 14. The lowest BCUT2D eigenvalue weighted by atomic mass is 10.0. The third kappa shape index (κ3) is 9.05. The van der Waals surface area contributed by atoms with Crippen molar-refractivity contribution in [3.63, 3.8) is 0 Å².